The van der Waals surface area contributed by atoms with Gasteiger partial charge in [0.2, 0.25) is 5.88 Å². The highest BCUT2D eigenvalue weighted by Crippen LogP contribution is 2.42. The maximum absolute atomic E-state index is 12.6. The van der Waals surface area contributed by atoms with Crippen LogP contribution < -0.4 is 15.0 Å². The van der Waals surface area contributed by atoms with Crippen molar-refractivity contribution in [2.75, 3.05) is 7.11 Å². The van der Waals surface area contributed by atoms with Gasteiger partial charge in [0, 0.05) is 5.92 Å². The molecule has 0 fully saturated rings. The number of H-pyrrole nitrogens is 2. The van der Waals surface area contributed by atoms with Gasteiger partial charge >= 0.3 is 0 Å². The summed E-state index contributed by atoms with van der Waals surface area (Å²) in [6.07, 6.45) is 0.475. The lowest BCUT2D eigenvalue weighted by Gasteiger charge is -2.31. The van der Waals surface area contributed by atoms with Gasteiger partial charge in [-0.1, -0.05) is 42.5 Å². The maximum Gasteiger partial charge on any atom is 0.259 e. The van der Waals surface area contributed by atoms with Crippen molar-refractivity contribution < 1.29 is 9.47 Å². The molecule has 0 spiro atoms. The monoisotopic (exact) mass is 366 g/mol. The molecule has 26 heavy (non-hydrogen) atoms. The normalized spacial score (nSPS) is 18.7. The molecule has 0 aliphatic carbocycles. The van der Waals surface area contributed by atoms with E-state index in [2.05, 4.69) is 9.97 Å². The minimum Gasteiger partial charge on any atom is -0.497 e. The van der Waals surface area contributed by atoms with Gasteiger partial charge in [0.1, 0.15) is 11.9 Å². The highest BCUT2D eigenvalue weighted by Gasteiger charge is 2.33. The molecule has 1 aromatic heterocycles. The Morgan fingerprint density at radius 1 is 1.04 bits per heavy atom. The van der Waals surface area contributed by atoms with Crippen LogP contribution in [0.1, 0.15) is 35.1 Å². The van der Waals surface area contributed by atoms with Crippen LogP contribution >= 0.6 is 12.2 Å². The van der Waals surface area contributed by atoms with E-state index in [4.69, 9.17) is 21.7 Å². The lowest BCUT2D eigenvalue weighted by atomic mass is 9.84. The quantitative estimate of drug-likeness (QED) is 0.685. The molecule has 0 saturated carbocycles. The number of ether oxygens (including phenoxy) is 2. The number of methoxy groups -OCH3 is 1. The SMILES string of the molecule is COc1ccc([C@H]2C[C@@H](c3ccccc3)c3c([nH]c(=S)[nH]c3=O)O2)cc1. The Morgan fingerprint density at radius 2 is 1.77 bits per heavy atom. The van der Waals surface area contributed by atoms with Crippen LogP contribution in [0.3, 0.4) is 0 Å². The molecule has 0 radical (unpaired) electrons. The molecule has 2 N–H and O–H groups in total. The molecule has 3 aromatic rings. The lowest BCUT2D eigenvalue weighted by molar-refractivity contribution is 0.157. The number of fused-ring (bicyclic) bond motifs is 1. The predicted molar refractivity (Wildman–Crippen MR) is 102 cm³/mol. The fraction of sp³-hybridized carbons (Fsp3) is 0.200. The average Bonchev–Trinajstić information content (AvgIpc) is 2.67. The van der Waals surface area contributed by atoms with Crippen molar-refractivity contribution in [1.29, 1.82) is 0 Å². The van der Waals surface area contributed by atoms with Gasteiger partial charge in [-0.2, -0.15) is 0 Å². The third kappa shape index (κ3) is 3.04. The van der Waals surface area contributed by atoms with Gasteiger partial charge in [0.25, 0.3) is 5.56 Å². The summed E-state index contributed by atoms with van der Waals surface area (Å²) in [5.74, 6) is 1.16. The van der Waals surface area contributed by atoms with E-state index in [0.29, 0.717) is 17.9 Å². The highest BCUT2D eigenvalue weighted by atomic mass is 32.1. The second-order valence-corrected chi connectivity index (χ2v) is 6.64. The molecule has 1 aliphatic rings. The summed E-state index contributed by atoms with van der Waals surface area (Å²) in [6, 6.07) is 17.8. The van der Waals surface area contributed by atoms with E-state index in [0.717, 1.165) is 16.9 Å². The molecule has 2 atom stereocenters. The van der Waals surface area contributed by atoms with Gasteiger partial charge < -0.3 is 14.5 Å². The van der Waals surface area contributed by atoms with Crippen LogP contribution in [0.15, 0.2) is 59.4 Å². The third-order valence-electron chi connectivity index (χ3n) is 4.69. The first-order valence-corrected chi connectivity index (χ1v) is 8.78. The topological polar surface area (TPSA) is 67.1 Å². The Balaban J connectivity index is 1.81. The Hall–Kier alpha value is -2.86. The van der Waals surface area contributed by atoms with Crippen LogP contribution in [0, 0.1) is 4.77 Å². The number of benzene rings is 2. The molecule has 0 amide bonds. The Morgan fingerprint density at radius 3 is 2.46 bits per heavy atom. The van der Waals surface area contributed by atoms with Gasteiger partial charge in [-0.15, -0.1) is 0 Å². The second-order valence-electron chi connectivity index (χ2n) is 6.23. The minimum absolute atomic E-state index is 0.0809. The van der Waals surface area contributed by atoms with Crippen molar-refractivity contribution in [1.82, 2.24) is 9.97 Å². The number of hydrogen-bond acceptors (Lipinski definition) is 4. The summed E-state index contributed by atoms with van der Waals surface area (Å²) in [5, 5.41) is 0. The van der Waals surface area contributed by atoms with Crippen molar-refractivity contribution in [2.45, 2.75) is 18.4 Å². The van der Waals surface area contributed by atoms with Crippen LogP contribution in [0.2, 0.25) is 0 Å². The third-order valence-corrected chi connectivity index (χ3v) is 4.90. The van der Waals surface area contributed by atoms with Crippen molar-refractivity contribution in [3.8, 4) is 11.6 Å². The summed E-state index contributed by atoms with van der Waals surface area (Å²) < 4.78 is 11.6. The lowest BCUT2D eigenvalue weighted by Crippen LogP contribution is -2.28. The van der Waals surface area contributed by atoms with Gasteiger partial charge in [-0.05, 0) is 41.9 Å². The number of rotatable bonds is 3. The zero-order chi connectivity index (χ0) is 18.1. The zero-order valence-corrected chi connectivity index (χ0v) is 15.0. The molecule has 0 unspecified atom stereocenters. The Labute approximate surface area is 155 Å². The summed E-state index contributed by atoms with van der Waals surface area (Å²) in [4.78, 5) is 18.2. The van der Waals surface area contributed by atoms with E-state index >= 15 is 0 Å². The number of aromatic amines is 2. The van der Waals surface area contributed by atoms with Crippen LogP contribution in [0.25, 0.3) is 0 Å². The fourth-order valence-electron chi connectivity index (χ4n) is 3.42. The van der Waals surface area contributed by atoms with E-state index < -0.39 is 0 Å². The first kappa shape index (κ1) is 16.6. The molecule has 2 aromatic carbocycles. The molecule has 132 valence electrons. The highest BCUT2D eigenvalue weighted by molar-refractivity contribution is 7.71. The zero-order valence-electron chi connectivity index (χ0n) is 14.2. The predicted octanol–water partition coefficient (Wildman–Crippen LogP) is 4.10. The molecule has 0 bridgehead atoms. The van der Waals surface area contributed by atoms with Crippen LogP contribution in [0.5, 0.6) is 11.6 Å². The van der Waals surface area contributed by atoms with Gasteiger partial charge in [-0.3, -0.25) is 9.78 Å². The first-order chi connectivity index (χ1) is 12.7. The molecular weight excluding hydrogens is 348 g/mol. The number of aromatic nitrogens is 2. The summed E-state index contributed by atoms with van der Waals surface area (Å²) >= 11 is 5.12. The van der Waals surface area contributed by atoms with E-state index in [1.54, 1.807) is 7.11 Å². The molecule has 1 aliphatic heterocycles. The molecular formula is C20H18N2O3S. The Kier molecular flexibility index (Phi) is 4.34. The van der Waals surface area contributed by atoms with Gasteiger partial charge in [0.15, 0.2) is 4.77 Å². The van der Waals surface area contributed by atoms with Crippen LogP contribution in [-0.4, -0.2) is 17.1 Å². The van der Waals surface area contributed by atoms with Gasteiger partial charge in [0.05, 0.1) is 12.7 Å². The van der Waals surface area contributed by atoms with Crippen molar-refractivity contribution in [3.63, 3.8) is 0 Å². The maximum atomic E-state index is 12.6. The minimum atomic E-state index is -0.203. The average molecular weight is 366 g/mol. The van der Waals surface area contributed by atoms with Crippen LogP contribution in [-0.2, 0) is 0 Å². The summed E-state index contributed by atoms with van der Waals surface area (Å²) in [5.41, 5.74) is 2.49. The molecule has 0 saturated heterocycles. The summed E-state index contributed by atoms with van der Waals surface area (Å²) in [6.45, 7) is 0. The Bertz CT molecular complexity index is 1030. The van der Waals surface area contributed by atoms with Crippen molar-refractivity contribution >= 4 is 12.2 Å². The van der Waals surface area contributed by atoms with Crippen LogP contribution in [0.4, 0.5) is 0 Å². The van der Waals surface area contributed by atoms with E-state index in [9.17, 15) is 4.79 Å². The van der Waals surface area contributed by atoms with E-state index in [1.165, 1.54) is 0 Å². The smallest absolute Gasteiger partial charge is 0.259 e. The molecule has 6 heteroatoms. The van der Waals surface area contributed by atoms with Gasteiger partial charge in [-0.25, -0.2) is 0 Å². The number of hydrogen-bond donors (Lipinski definition) is 2. The largest absolute Gasteiger partial charge is 0.497 e. The molecule has 2 heterocycles. The molecule has 4 rings (SSSR count). The first-order valence-electron chi connectivity index (χ1n) is 8.38. The van der Waals surface area contributed by atoms with Crippen molar-refractivity contribution in [2.24, 2.45) is 0 Å². The van der Waals surface area contributed by atoms with Crippen molar-refractivity contribution in [3.05, 3.63) is 86.4 Å². The number of nitrogens with one attached hydrogen (secondary N) is 2. The second kappa shape index (κ2) is 6.80. The van der Waals surface area contributed by atoms with E-state index in [-0.39, 0.29) is 22.4 Å². The standard InChI is InChI=1S/C20H18N2O3S/c1-24-14-9-7-13(8-10-14)16-11-15(12-5-3-2-4-6-12)17-18(23)21-20(26)22-19(17)25-16/h2-10,15-16H,11H2,1H3,(H2,21,22,23,26)/t15-,16+/m0/s1. The molecule has 5 nitrogen and oxygen atoms in total. The fourth-order valence-corrected chi connectivity index (χ4v) is 3.60. The summed E-state index contributed by atoms with van der Waals surface area (Å²) in [7, 11) is 1.64. The van der Waals surface area contributed by atoms with E-state index in [1.807, 2.05) is 54.6 Å².